The van der Waals surface area contributed by atoms with Gasteiger partial charge in [0.25, 0.3) is 5.91 Å². The molecule has 24 heavy (non-hydrogen) atoms. The van der Waals surface area contributed by atoms with Crippen LogP contribution in [0.25, 0.3) is 6.08 Å². The van der Waals surface area contributed by atoms with E-state index in [2.05, 4.69) is 21.2 Å². The van der Waals surface area contributed by atoms with Gasteiger partial charge in [0.05, 0.1) is 0 Å². The summed E-state index contributed by atoms with van der Waals surface area (Å²) in [7, 11) is 0. The molecule has 2 aromatic carbocycles. The number of carbonyl (C=O) groups is 1. The first-order chi connectivity index (χ1) is 11.3. The van der Waals surface area contributed by atoms with Gasteiger partial charge < -0.3 is 5.32 Å². The Balaban J connectivity index is 2.35. The summed E-state index contributed by atoms with van der Waals surface area (Å²) >= 11 is 3.25. The van der Waals surface area contributed by atoms with Crippen molar-refractivity contribution in [3.05, 3.63) is 68.4 Å². The van der Waals surface area contributed by atoms with Crippen molar-refractivity contribution in [1.29, 1.82) is 5.26 Å². The summed E-state index contributed by atoms with van der Waals surface area (Å²) in [5, 5.41) is 12.0. The van der Waals surface area contributed by atoms with Crippen molar-refractivity contribution < 1.29 is 9.18 Å². The molecule has 0 aliphatic heterocycles. The number of nitrogens with zero attached hydrogens (tertiary/aromatic N) is 1. The lowest BCUT2D eigenvalue weighted by atomic mass is 10.0. The lowest BCUT2D eigenvalue weighted by molar-refractivity contribution is -0.112. The number of nitrogens with one attached hydrogen (secondary N) is 1. The molecule has 0 aliphatic carbocycles. The van der Waals surface area contributed by atoms with E-state index in [0.29, 0.717) is 10.2 Å². The molecule has 3 nitrogen and oxygen atoms in total. The second-order valence-electron chi connectivity index (χ2n) is 5.56. The molecule has 122 valence electrons. The maximum atomic E-state index is 13.8. The van der Waals surface area contributed by atoms with E-state index in [4.69, 9.17) is 0 Å². The van der Waals surface area contributed by atoms with Crippen molar-refractivity contribution in [1.82, 2.24) is 0 Å². The molecule has 0 bridgehead atoms. The van der Waals surface area contributed by atoms with Gasteiger partial charge in [-0.25, -0.2) is 4.39 Å². The van der Waals surface area contributed by atoms with Gasteiger partial charge in [-0.05, 0) is 56.2 Å². The Labute approximate surface area is 148 Å². The van der Waals surface area contributed by atoms with Crippen LogP contribution in [0, 0.1) is 37.9 Å². The van der Waals surface area contributed by atoms with Gasteiger partial charge in [-0.3, -0.25) is 4.79 Å². The maximum absolute atomic E-state index is 13.8. The van der Waals surface area contributed by atoms with Crippen LogP contribution in [0.4, 0.5) is 10.1 Å². The lowest BCUT2D eigenvalue weighted by Crippen LogP contribution is -2.15. The zero-order chi connectivity index (χ0) is 17.9. The molecule has 0 spiro atoms. The van der Waals surface area contributed by atoms with E-state index in [9.17, 15) is 14.4 Å². The average Bonchev–Trinajstić information content (AvgIpc) is 2.51. The molecule has 0 aromatic heterocycles. The summed E-state index contributed by atoms with van der Waals surface area (Å²) in [5.74, 6) is -1.06. The van der Waals surface area contributed by atoms with Crippen LogP contribution in [0.5, 0.6) is 0 Å². The highest BCUT2D eigenvalue weighted by Gasteiger charge is 2.14. The molecule has 5 heteroatoms. The number of hydrogen-bond acceptors (Lipinski definition) is 2. The number of nitriles is 1. The minimum atomic E-state index is -0.563. The largest absolute Gasteiger partial charge is 0.321 e. The van der Waals surface area contributed by atoms with Crippen molar-refractivity contribution in [2.24, 2.45) is 0 Å². The number of benzene rings is 2. The Hall–Kier alpha value is -2.45. The molecule has 0 saturated carbocycles. The minimum absolute atomic E-state index is 0.161. The standard InChI is InChI=1S/C19H16BrFN2O/c1-11-6-12(2)18(13(3)7-11)23-19(24)15(10-22)8-14-9-16(20)4-5-17(14)21/h4-9H,1-3H3,(H,23,24)/b15-8+. The molecule has 1 amide bonds. The van der Waals surface area contributed by atoms with E-state index in [1.54, 1.807) is 6.07 Å². The van der Waals surface area contributed by atoms with E-state index in [-0.39, 0.29) is 11.1 Å². The fourth-order valence-corrected chi connectivity index (χ4v) is 2.87. The summed E-state index contributed by atoms with van der Waals surface area (Å²) in [6, 6.07) is 10.1. The molecule has 0 saturated heterocycles. The minimum Gasteiger partial charge on any atom is -0.321 e. The first kappa shape index (κ1) is 17.9. The predicted molar refractivity (Wildman–Crippen MR) is 97.0 cm³/mol. The van der Waals surface area contributed by atoms with Crippen molar-refractivity contribution >= 4 is 33.6 Å². The van der Waals surface area contributed by atoms with Crippen molar-refractivity contribution in [3.8, 4) is 6.07 Å². The molecular weight excluding hydrogens is 371 g/mol. The van der Waals surface area contributed by atoms with Gasteiger partial charge in [-0.15, -0.1) is 0 Å². The summed E-state index contributed by atoms with van der Waals surface area (Å²) in [6.07, 6.45) is 1.24. The van der Waals surface area contributed by atoms with E-state index >= 15 is 0 Å². The van der Waals surface area contributed by atoms with Gasteiger partial charge in [-0.2, -0.15) is 5.26 Å². The first-order valence-electron chi connectivity index (χ1n) is 7.28. The molecule has 1 N–H and O–H groups in total. The molecule has 0 unspecified atom stereocenters. The molecule has 2 aromatic rings. The van der Waals surface area contributed by atoms with Gasteiger partial charge in [-0.1, -0.05) is 33.6 Å². The van der Waals surface area contributed by atoms with Crippen LogP contribution < -0.4 is 5.32 Å². The number of carbonyl (C=O) groups excluding carboxylic acids is 1. The van der Waals surface area contributed by atoms with Crippen LogP contribution in [-0.4, -0.2) is 5.91 Å². The summed E-state index contributed by atoms with van der Waals surface area (Å²) < 4.78 is 14.5. The highest BCUT2D eigenvalue weighted by atomic mass is 79.9. The van der Waals surface area contributed by atoms with Gasteiger partial charge in [0.15, 0.2) is 0 Å². The third-order valence-electron chi connectivity index (χ3n) is 3.54. The van der Waals surface area contributed by atoms with Crippen LogP contribution >= 0.6 is 15.9 Å². The van der Waals surface area contributed by atoms with Gasteiger partial charge in [0.1, 0.15) is 17.5 Å². The van der Waals surface area contributed by atoms with Crippen molar-refractivity contribution in [2.45, 2.75) is 20.8 Å². The van der Waals surface area contributed by atoms with Crippen LogP contribution in [0.3, 0.4) is 0 Å². The second kappa shape index (κ2) is 7.41. The van der Waals surface area contributed by atoms with E-state index < -0.39 is 11.7 Å². The number of aryl methyl sites for hydroxylation is 3. The van der Waals surface area contributed by atoms with Crippen LogP contribution in [0.15, 0.2) is 40.4 Å². The Morgan fingerprint density at radius 3 is 2.42 bits per heavy atom. The van der Waals surface area contributed by atoms with Crippen molar-refractivity contribution in [3.63, 3.8) is 0 Å². The third-order valence-corrected chi connectivity index (χ3v) is 4.03. The third kappa shape index (κ3) is 4.09. The number of rotatable bonds is 3. The van der Waals surface area contributed by atoms with Gasteiger partial charge >= 0.3 is 0 Å². The lowest BCUT2D eigenvalue weighted by Gasteiger charge is -2.12. The summed E-state index contributed by atoms with van der Waals surface area (Å²) in [4.78, 5) is 12.4. The first-order valence-corrected chi connectivity index (χ1v) is 8.07. The van der Waals surface area contributed by atoms with E-state index in [1.165, 1.54) is 18.2 Å². The number of halogens is 2. The normalized spacial score (nSPS) is 11.1. The fraction of sp³-hybridized carbons (Fsp3) is 0.158. The van der Waals surface area contributed by atoms with E-state index in [1.807, 2.05) is 39.0 Å². The van der Waals surface area contributed by atoms with Crippen LogP contribution in [0.1, 0.15) is 22.3 Å². The molecule has 2 rings (SSSR count). The van der Waals surface area contributed by atoms with Gasteiger partial charge in [0.2, 0.25) is 0 Å². The van der Waals surface area contributed by atoms with Gasteiger partial charge in [0, 0.05) is 15.7 Å². The maximum Gasteiger partial charge on any atom is 0.266 e. The summed E-state index contributed by atoms with van der Waals surface area (Å²) in [6.45, 7) is 5.75. The second-order valence-corrected chi connectivity index (χ2v) is 6.48. The molecule has 0 heterocycles. The molecule has 0 radical (unpaired) electrons. The highest BCUT2D eigenvalue weighted by Crippen LogP contribution is 2.23. The Morgan fingerprint density at radius 1 is 1.21 bits per heavy atom. The Morgan fingerprint density at radius 2 is 1.83 bits per heavy atom. The average molecular weight is 387 g/mol. The monoisotopic (exact) mass is 386 g/mol. The Kier molecular flexibility index (Phi) is 5.53. The zero-order valence-corrected chi connectivity index (χ0v) is 15.2. The topological polar surface area (TPSA) is 52.9 Å². The SMILES string of the molecule is Cc1cc(C)c(NC(=O)/C(C#N)=C/c2cc(Br)ccc2F)c(C)c1. The Bertz CT molecular complexity index is 858. The quantitative estimate of drug-likeness (QED) is 0.591. The molecular formula is C19H16BrFN2O. The zero-order valence-electron chi connectivity index (χ0n) is 13.6. The molecule has 0 fully saturated rings. The smallest absolute Gasteiger partial charge is 0.266 e. The molecule has 0 aliphatic rings. The van der Waals surface area contributed by atoms with E-state index in [0.717, 1.165) is 16.7 Å². The number of amides is 1. The number of anilines is 1. The number of hydrogen-bond donors (Lipinski definition) is 1. The predicted octanol–water partition coefficient (Wildman–Crippen LogP) is 5.06. The van der Waals surface area contributed by atoms with Crippen molar-refractivity contribution in [2.75, 3.05) is 5.32 Å². The fourth-order valence-electron chi connectivity index (χ4n) is 2.49. The van der Waals surface area contributed by atoms with Crippen LogP contribution in [0.2, 0.25) is 0 Å². The highest BCUT2D eigenvalue weighted by molar-refractivity contribution is 9.10. The van der Waals surface area contributed by atoms with Crippen LogP contribution in [-0.2, 0) is 4.79 Å². The summed E-state index contributed by atoms with van der Waals surface area (Å²) in [5.41, 5.74) is 3.59. The molecule has 0 atom stereocenters.